The molecule has 1 rings (SSSR count). The van der Waals surface area contributed by atoms with Crippen molar-refractivity contribution in [2.45, 2.75) is 19.4 Å². The monoisotopic (exact) mass is 263 g/mol. The summed E-state index contributed by atoms with van der Waals surface area (Å²) in [6.07, 6.45) is 0.369. The minimum absolute atomic E-state index is 0.0561. The van der Waals surface area contributed by atoms with Crippen LogP contribution in [0.1, 0.15) is 12.5 Å². The predicted molar refractivity (Wildman–Crippen MR) is 76.0 cm³/mol. The minimum atomic E-state index is -0.241. The van der Waals surface area contributed by atoms with Crippen LogP contribution in [-0.4, -0.2) is 43.9 Å². The molecule has 0 fully saturated rings. The molecular formula is C14H21N3O2. The molecule has 19 heavy (non-hydrogen) atoms. The summed E-state index contributed by atoms with van der Waals surface area (Å²) < 4.78 is 0. The maximum absolute atomic E-state index is 11.7. The smallest absolute Gasteiger partial charge is 0.241 e. The van der Waals surface area contributed by atoms with Crippen molar-refractivity contribution in [3.63, 3.8) is 0 Å². The number of anilines is 1. The molecule has 0 aromatic heterocycles. The number of likely N-dealkylation sites (N-methyl/N-ethyl adjacent to an activating group) is 2. The summed E-state index contributed by atoms with van der Waals surface area (Å²) in [6.45, 7) is 1.79. The Morgan fingerprint density at radius 1 is 1.21 bits per heavy atom. The van der Waals surface area contributed by atoms with Gasteiger partial charge in [-0.15, -0.1) is 0 Å². The molecule has 104 valence electrons. The lowest BCUT2D eigenvalue weighted by Crippen LogP contribution is -2.35. The molecule has 5 heteroatoms. The van der Waals surface area contributed by atoms with Crippen molar-refractivity contribution >= 4 is 17.5 Å². The minimum Gasteiger partial charge on any atom is -0.349 e. The molecule has 0 aliphatic carbocycles. The lowest BCUT2D eigenvalue weighted by Gasteiger charge is -2.12. The molecule has 5 nitrogen and oxygen atoms in total. The second-order valence-corrected chi connectivity index (χ2v) is 4.66. The fourth-order valence-corrected chi connectivity index (χ4v) is 1.42. The van der Waals surface area contributed by atoms with Gasteiger partial charge in [0.25, 0.3) is 0 Å². The third-order valence-corrected chi connectivity index (χ3v) is 2.90. The van der Waals surface area contributed by atoms with Crippen LogP contribution in [0.5, 0.6) is 0 Å². The van der Waals surface area contributed by atoms with E-state index in [1.807, 2.05) is 12.1 Å². The van der Waals surface area contributed by atoms with Crippen LogP contribution in [-0.2, 0) is 16.0 Å². The fourth-order valence-electron chi connectivity index (χ4n) is 1.42. The number of hydrogen-bond acceptors (Lipinski definition) is 3. The van der Waals surface area contributed by atoms with E-state index >= 15 is 0 Å². The molecule has 1 unspecified atom stereocenters. The Kier molecular flexibility index (Phi) is 5.51. The van der Waals surface area contributed by atoms with Crippen LogP contribution in [0.2, 0.25) is 0 Å². The largest absolute Gasteiger partial charge is 0.349 e. The average Bonchev–Trinajstić information content (AvgIpc) is 2.39. The number of nitrogens with one attached hydrogen (secondary N) is 2. The van der Waals surface area contributed by atoms with Gasteiger partial charge in [0.05, 0.1) is 12.5 Å². The molecule has 0 spiro atoms. The third-order valence-electron chi connectivity index (χ3n) is 2.90. The summed E-state index contributed by atoms with van der Waals surface area (Å²) in [5.41, 5.74) is 1.66. The first-order valence-electron chi connectivity index (χ1n) is 6.21. The molecule has 2 N–H and O–H groups in total. The van der Waals surface area contributed by atoms with Crippen molar-refractivity contribution in [3.05, 3.63) is 29.8 Å². The zero-order valence-electron chi connectivity index (χ0n) is 11.9. The predicted octanol–water partition coefficient (Wildman–Crippen LogP) is 0.864. The second-order valence-electron chi connectivity index (χ2n) is 4.66. The Labute approximate surface area is 114 Å². The van der Waals surface area contributed by atoms with Gasteiger partial charge in [-0.1, -0.05) is 12.1 Å². The maximum Gasteiger partial charge on any atom is 0.241 e. The number of hydrogen-bond donors (Lipinski definition) is 2. The summed E-state index contributed by atoms with van der Waals surface area (Å²) in [5, 5.41) is 5.67. The van der Waals surface area contributed by atoms with E-state index in [-0.39, 0.29) is 17.9 Å². The van der Waals surface area contributed by atoms with Crippen LogP contribution >= 0.6 is 0 Å². The highest BCUT2D eigenvalue weighted by atomic mass is 16.2. The van der Waals surface area contributed by atoms with E-state index in [2.05, 4.69) is 10.6 Å². The van der Waals surface area contributed by atoms with Gasteiger partial charge in [0.2, 0.25) is 11.8 Å². The van der Waals surface area contributed by atoms with E-state index in [1.165, 1.54) is 0 Å². The van der Waals surface area contributed by atoms with E-state index in [9.17, 15) is 9.59 Å². The Morgan fingerprint density at radius 3 is 2.26 bits per heavy atom. The van der Waals surface area contributed by atoms with Crippen molar-refractivity contribution < 1.29 is 9.59 Å². The summed E-state index contributed by atoms with van der Waals surface area (Å²) in [7, 11) is 5.20. The van der Waals surface area contributed by atoms with E-state index < -0.39 is 0 Å². The van der Waals surface area contributed by atoms with Crippen molar-refractivity contribution in [2.75, 3.05) is 26.5 Å². The van der Waals surface area contributed by atoms with E-state index in [0.29, 0.717) is 6.42 Å². The maximum atomic E-state index is 11.7. The Morgan fingerprint density at radius 2 is 1.79 bits per heavy atom. The highest BCUT2D eigenvalue weighted by Crippen LogP contribution is 2.11. The number of amides is 2. The van der Waals surface area contributed by atoms with Gasteiger partial charge in [0, 0.05) is 19.8 Å². The molecule has 0 heterocycles. The number of benzene rings is 1. The summed E-state index contributed by atoms with van der Waals surface area (Å²) in [5.74, 6) is -0.0276. The summed E-state index contributed by atoms with van der Waals surface area (Å²) in [4.78, 5) is 24.8. The lowest BCUT2D eigenvalue weighted by atomic mass is 10.1. The molecule has 0 aliphatic heterocycles. The van der Waals surface area contributed by atoms with Gasteiger partial charge in [-0.25, -0.2) is 0 Å². The third kappa shape index (κ3) is 4.71. The van der Waals surface area contributed by atoms with Crippen molar-refractivity contribution in [2.24, 2.45) is 0 Å². The van der Waals surface area contributed by atoms with Crippen molar-refractivity contribution in [1.82, 2.24) is 10.2 Å². The quantitative estimate of drug-likeness (QED) is 0.828. The van der Waals surface area contributed by atoms with E-state index in [0.717, 1.165) is 11.3 Å². The molecule has 0 aliphatic rings. The topological polar surface area (TPSA) is 61.4 Å². The van der Waals surface area contributed by atoms with Crippen LogP contribution in [0.15, 0.2) is 24.3 Å². The zero-order valence-corrected chi connectivity index (χ0v) is 11.9. The number of rotatable bonds is 5. The fraction of sp³-hybridized carbons (Fsp3) is 0.429. The molecule has 0 bridgehead atoms. The molecule has 1 atom stereocenters. The van der Waals surface area contributed by atoms with Gasteiger partial charge in [0.15, 0.2) is 0 Å². The Balaban J connectivity index is 2.62. The lowest BCUT2D eigenvalue weighted by molar-refractivity contribution is -0.128. The SMILES string of the molecule is CNC(C)C(=O)Nc1ccc(CC(=O)N(C)C)cc1. The number of carbonyl (C=O) groups is 2. The van der Waals surface area contributed by atoms with Crippen LogP contribution < -0.4 is 10.6 Å². The van der Waals surface area contributed by atoms with Crippen LogP contribution in [0.25, 0.3) is 0 Å². The van der Waals surface area contributed by atoms with E-state index in [4.69, 9.17) is 0 Å². The summed E-state index contributed by atoms with van der Waals surface area (Å²) >= 11 is 0. The van der Waals surface area contributed by atoms with Crippen LogP contribution in [0.4, 0.5) is 5.69 Å². The van der Waals surface area contributed by atoms with Gasteiger partial charge < -0.3 is 15.5 Å². The second kappa shape index (κ2) is 6.89. The van der Waals surface area contributed by atoms with Gasteiger partial charge in [-0.3, -0.25) is 9.59 Å². The molecular weight excluding hydrogens is 242 g/mol. The Hall–Kier alpha value is -1.88. The highest BCUT2D eigenvalue weighted by molar-refractivity contribution is 5.94. The first kappa shape index (κ1) is 15.2. The molecule has 0 radical (unpaired) electrons. The first-order chi connectivity index (χ1) is 8.93. The molecule has 1 aromatic carbocycles. The van der Waals surface area contributed by atoms with Gasteiger partial charge >= 0.3 is 0 Å². The van der Waals surface area contributed by atoms with Gasteiger partial charge in [0.1, 0.15) is 0 Å². The first-order valence-corrected chi connectivity index (χ1v) is 6.21. The van der Waals surface area contributed by atoms with Crippen LogP contribution in [0.3, 0.4) is 0 Å². The molecule has 0 saturated carbocycles. The van der Waals surface area contributed by atoms with Crippen molar-refractivity contribution in [3.8, 4) is 0 Å². The molecule has 2 amide bonds. The summed E-state index contributed by atoms with van der Waals surface area (Å²) in [6, 6.07) is 7.06. The number of carbonyl (C=O) groups excluding carboxylic acids is 2. The normalized spacial score (nSPS) is 11.8. The van der Waals surface area contributed by atoms with Crippen molar-refractivity contribution in [1.29, 1.82) is 0 Å². The Bertz CT molecular complexity index is 441. The van der Waals surface area contributed by atoms with E-state index in [1.54, 1.807) is 45.1 Å². The number of nitrogens with zero attached hydrogens (tertiary/aromatic N) is 1. The molecule has 1 aromatic rings. The average molecular weight is 263 g/mol. The highest BCUT2D eigenvalue weighted by Gasteiger charge is 2.10. The standard InChI is InChI=1S/C14H21N3O2/c1-10(15-2)14(19)16-12-7-5-11(6-8-12)9-13(18)17(3)4/h5-8,10,15H,9H2,1-4H3,(H,16,19). The van der Waals surface area contributed by atoms with Gasteiger partial charge in [-0.05, 0) is 31.7 Å². The molecule has 0 saturated heterocycles. The zero-order chi connectivity index (χ0) is 14.4. The van der Waals surface area contributed by atoms with Gasteiger partial charge in [-0.2, -0.15) is 0 Å². The van der Waals surface area contributed by atoms with Crippen LogP contribution in [0, 0.1) is 0 Å².